The molecule has 0 bridgehead atoms. The Labute approximate surface area is 137 Å². The van der Waals surface area contributed by atoms with Crippen molar-refractivity contribution in [2.24, 2.45) is 10.2 Å². The molecular formula is C19H23FN2O. The first kappa shape index (κ1) is 17.1. The number of ether oxygens (including phenoxy) is 1. The van der Waals surface area contributed by atoms with Gasteiger partial charge in [0.1, 0.15) is 11.6 Å². The van der Waals surface area contributed by atoms with Gasteiger partial charge in [-0.1, -0.05) is 32.6 Å². The molecule has 4 heteroatoms. The van der Waals surface area contributed by atoms with E-state index in [2.05, 4.69) is 17.2 Å². The maximum atomic E-state index is 12.8. The normalized spacial score (nSPS) is 11.0. The molecule has 0 saturated heterocycles. The second kappa shape index (κ2) is 9.72. The Morgan fingerprint density at radius 2 is 1.35 bits per heavy atom. The second-order valence-corrected chi connectivity index (χ2v) is 5.43. The minimum atomic E-state index is -0.278. The van der Waals surface area contributed by atoms with Crippen molar-refractivity contribution >= 4 is 11.4 Å². The predicted octanol–water partition coefficient (Wildman–Crippen LogP) is 6.59. The van der Waals surface area contributed by atoms with Gasteiger partial charge in [0.15, 0.2) is 0 Å². The van der Waals surface area contributed by atoms with Crippen LogP contribution in [0.1, 0.15) is 39.0 Å². The lowest BCUT2D eigenvalue weighted by atomic mass is 10.2. The molecule has 0 aromatic heterocycles. The fourth-order valence-electron chi connectivity index (χ4n) is 2.13. The topological polar surface area (TPSA) is 34.0 Å². The first-order chi connectivity index (χ1) is 11.3. The van der Waals surface area contributed by atoms with E-state index in [4.69, 9.17) is 4.74 Å². The zero-order chi connectivity index (χ0) is 16.3. The molecule has 3 nitrogen and oxygen atoms in total. The fourth-order valence-corrected chi connectivity index (χ4v) is 2.13. The predicted molar refractivity (Wildman–Crippen MR) is 91.3 cm³/mol. The average Bonchev–Trinajstić information content (AvgIpc) is 2.58. The summed E-state index contributed by atoms with van der Waals surface area (Å²) in [4.78, 5) is 0. The molecule has 2 aromatic rings. The number of halogens is 1. The summed E-state index contributed by atoms with van der Waals surface area (Å²) in [6, 6.07) is 13.4. The van der Waals surface area contributed by atoms with Crippen LogP contribution in [-0.4, -0.2) is 6.61 Å². The lowest BCUT2D eigenvalue weighted by Gasteiger charge is -2.05. The van der Waals surface area contributed by atoms with Crippen LogP contribution in [0.4, 0.5) is 15.8 Å². The molecule has 0 radical (unpaired) electrons. The minimum Gasteiger partial charge on any atom is -0.494 e. The zero-order valence-electron chi connectivity index (χ0n) is 13.5. The summed E-state index contributed by atoms with van der Waals surface area (Å²) < 4.78 is 18.5. The van der Waals surface area contributed by atoms with Crippen molar-refractivity contribution in [3.8, 4) is 5.75 Å². The second-order valence-electron chi connectivity index (χ2n) is 5.43. The van der Waals surface area contributed by atoms with Gasteiger partial charge in [0.25, 0.3) is 0 Å². The van der Waals surface area contributed by atoms with Gasteiger partial charge in [0.05, 0.1) is 18.0 Å². The number of unbranched alkanes of at least 4 members (excludes halogenated alkanes) is 4. The molecule has 122 valence electrons. The van der Waals surface area contributed by atoms with E-state index < -0.39 is 0 Å². The zero-order valence-corrected chi connectivity index (χ0v) is 13.5. The minimum absolute atomic E-state index is 0.278. The lowest BCUT2D eigenvalue weighted by Crippen LogP contribution is -1.96. The number of nitrogens with zero attached hydrogens (tertiary/aromatic N) is 2. The summed E-state index contributed by atoms with van der Waals surface area (Å²) in [5, 5.41) is 8.19. The van der Waals surface area contributed by atoms with Gasteiger partial charge in [-0.2, -0.15) is 10.2 Å². The molecule has 0 atom stereocenters. The Hall–Kier alpha value is -2.23. The molecule has 0 aliphatic rings. The van der Waals surface area contributed by atoms with Crippen molar-refractivity contribution in [1.82, 2.24) is 0 Å². The molecule has 0 heterocycles. The molecule has 0 N–H and O–H groups in total. The molecular weight excluding hydrogens is 291 g/mol. The van der Waals surface area contributed by atoms with Gasteiger partial charge in [0.2, 0.25) is 0 Å². The van der Waals surface area contributed by atoms with Crippen molar-refractivity contribution in [2.75, 3.05) is 6.61 Å². The Morgan fingerprint density at radius 3 is 1.96 bits per heavy atom. The Bertz CT molecular complexity index is 594. The highest BCUT2D eigenvalue weighted by molar-refractivity contribution is 5.42. The molecule has 0 aliphatic carbocycles. The van der Waals surface area contributed by atoms with Crippen LogP contribution in [0.2, 0.25) is 0 Å². The summed E-state index contributed by atoms with van der Waals surface area (Å²) >= 11 is 0. The van der Waals surface area contributed by atoms with Crippen molar-refractivity contribution in [1.29, 1.82) is 0 Å². The van der Waals surface area contributed by atoms with Crippen molar-refractivity contribution in [3.63, 3.8) is 0 Å². The number of benzene rings is 2. The lowest BCUT2D eigenvalue weighted by molar-refractivity contribution is 0.304. The SMILES string of the molecule is CCCCCCCOc1ccc(N=Nc2ccc(F)cc2)cc1. The van der Waals surface area contributed by atoms with Gasteiger partial charge in [-0.15, -0.1) is 0 Å². The highest BCUT2D eigenvalue weighted by atomic mass is 19.1. The van der Waals surface area contributed by atoms with E-state index in [9.17, 15) is 4.39 Å². The monoisotopic (exact) mass is 314 g/mol. The molecule has 0 amide bonds. The van der Waals surface area contributed by atoms with Crippen LogP contribution >= 0.6 is 0 Å². The Balaban J connectivity index is 1.76. The van der Waals surface area contributed by atoms with E-state index in [0.717, 1.165) is 24.5 Å². The third kappa shape index (κ3) is 6.59. The summed E-state index contributed by atoms with van der Waals surface area (Å²) in [7, 11) is 0. The van der Waals surface area contributed by atoms with Crippen LogP contribution in [0.25, 0.3) is 0 Å². The highest BCUT2D eigenvalue weighted by Crippen LogP contribution is 2.21. The number of azo groups is 1. The average molecular weight is 314 g/mol. The maximum absolute atomic E-state index is 12.8. The van der Waals surface area contributed by atoms with E-state index in [1.165, 1.54) is 37.8 Å². The maximum Gasteiger partial charge on any atom is 0.123 e. The molecule has 0 unspecified atom stereocenters. The van der Waals surface area contributed by atoms with Gasteiger partial charge in [0, 0.05) is 0 Å². The number of rotatable bonds is 9. The molecule has 0 saturated carbocycles. The van der Waals surface area contributed by atoms with Crippen LogP contribution in [0.15, 0.2) is 58.8 Å². The van der Waals surface area contributed by atoms with Crippen LogP contribution in [0.5, 0.6) is 5.75 Å². The Kier molecular flexibility index (Phi) is 7.24. The van der Waals surface area contributed by atoms with Gasteiger partial charge < -0.3 is 4.74 Å². The van der Waals surface area contributed by atoms with Gasteiger partial charge >= 0.3 is 0 Å². The van der Waals surface area contributed by atoms with Crippen LogP contribution < -0.4 is 4.74 Å². The van der Waals surface area contributed by atoms with Crippen molar-refractivity contribution < 1.29 is 9.13 Å². The fraction of sp³-hybridized carbons (Fsp3) is 0.368. The summed E-state index contributed by atoms with van der Waals surface area (Å²) in [5.74, 6) is 0.571. The van der Waals surface area contributed by atoms with Gasteiger partial charge in [-0.25, -0.2) is 4.39 Å². The molecule has 0 aliphatic heterocycles. The molecule has 0 fully saturated rings. The number of hydrogen-bond donors (Lipinski definition) is 0. The molecule has 2 aromatic carbocycles. The standard InChI is InChI=1S/C19H23FN2O/c1-2-3-4-5-6-15-23-19-13-11-18(12-14-19)22-21-17-9-7-16(20)8-10-17/h7-14H,2-6,15H2,1H3. The smallest absolute Gasteiger partial charge is 0.123 e. The molecule has 23 heavy (non-hydrogen) atoms. The first-order valence-corrected chi connectivity index (χ1v) is 8.18. The van der Waals surface area contributed by atoms with Gasteiger partial charge in [-0.3, -0.25) is 0 Å². The number of hydrogen-bond acceptors (Lipinski definition) is 3. The van der Waals surface area contributed by atoms with Crippen LogP contribution in [0.3, 0.4) is 0 Å². The van der Waals surface area contributed by atoms with Crippen LogP contribution in [-0.2, 0) is 0 Å². The first-order valence-electron chi connectivity index (χ1n) is 8.18. The Morgan fingerprint density at radius 1 is 0.783 bits per heavy atom. The van der Waals surface area contributed by atoms with E-state index in [0.29, 0.717) is 5.69 Å². The highest BCUT2D eigenvalue weighted by Gasteiger charge is 1.96. The molecule has 2 rings (SSSR count). The quantitative estimate of drug-likeness (QED) is 0.379. The van der Waals surface area contributed by atoms with Crippen molar-refractivity contribution in [2.45, 2.75) is 39.0 Å². The summed E-state index contributed by atoms with van der Waals surface area (Å²) in [6.45, 7) is 2.96. The third-order valence-electron chi connectivity index (χ3n) is 3.46. The van der Waals surface area contributed by atoms with E-state index in [1.807, 2.05) is 24.3 Å². The van der Waals surface area contributed by atoms with E-state index in [-0.39, 0.29) is 5.82 Å². The van der Waals surface area contributed by atoms with E-state index in [1.54, 1.807) is 12.1 Å². The van der Waals surface area contributed by atoms with E-state index >= 15 is 0 Å². The van der Waals surface area contributed by atoms with Crippen LogP contribution in [0, 0.1) is 5.82 Å². The molecule has 0 spiro atoms. The van der Waals surface area contributed by atoms with Crippen molar-refractivity contribution in [3.05, 3.63) is 54.3 Å². The largest absolute Gasteiger partial charge is 0.494 e. The third-order valence-corrected chi connectivity index (χ3v) is 3.46. The summed E-state index contributed by atoms with van der Waals surface area (Å²) in [6.07, 6.45) is 6.15. The van der Waals surface area contributed by atoms with Gasteiger partial charge in [-0.05, 0) is 55.0 Å². The summed E-state index contributed by atoms with van der Waals surface area (Å²) in [5.41, 5.74) is 1.36.